The fourth-order valence-electron chi connectivity index (χ4n) is 4.02. The van der Waals surface area contributed by atoms with Gasteiger partial charge in [-0.05, 0) is 52.7 Å². The summed E-state index contributed by atoms with van der Waals surface area (Å²) in [5.74, 6) is 0.202. The fourth-order valence-corrected chi connectivity index (χ4v) is 4.02. The van der Waals surface area contributed by atoms with Crippen LogP contribution >= 0.6 is 0 Å². The third-order valence-corrected chi connectivity index (χ3v) is 5.40. The molecule has 3 aromatic heterocycles. The lowest BCUT2D eigenvalue weighted by Gasteiger charge is -2.22. The molecule has 29 heavy (non-hydrogen) atoms. The van der Waals surface area contributed by atoms with Crippen LogP contribution in [0.5, 0.6) is 0 Å². The molecule has 1 saturated heterocycles. The van der Waals surface area contributed by atoms with Crippen LogP contribution in [0.15, 0.2) is 22.7 Å². The molecule has 1 amide bonds. The number of aliphatic carboxylic acids is 1. The number of hydrogen-bond acceptors (Lipinski definition) is 5. The molecule has 1 N–H and O–H groups in total. The predicted octanol–water partition coefficient (Wildman–Crippen LogP) is 3.58. The van der Waals surface area contributed by atoms with Gasteiger partial charge < -0.3 is 14.4 Å². The van der Waals surface area contributed by atoms with Gasteiger partial charge in [0.2, 0.25) is 0 Å². The number of carbonyl (C=O) groups is 2. The first-order valence-corrected chi connectivity index (χ1v) is 9.77. The van der Waals surface area contributed by atoms with Crippen molar-refractivity contribution in [2.75, 3.05) is 6.54 Å². The van der Waals surface area contributed by atoms with Gasteiger partial charge in [0.25, 0.3) is 5.91 Å². The average molecular weight is 396 g/mol. The highest BCUT2D eigenvalue weighted by atomic mass is 16.4. The lowest BCUT2D eigenvalue weighted by molar-refractivity contribution is -0.141. The minimum atomic E-state index is -0.972. The van der Waals surface area contributed by atoms with Crippen LogP contribution in [0, 0.1) is 13.8 Å². The average Bonchev–Trinajstić information content (AvgIpc) is 3.37. The molecule has 1 atom stereocenters. The zero-order chi connectivity index (χ0) is 20.9. The van der Waals surface area contributed by atoms with Crippen LogP contribution in [0.3, 0.4) is 0 Å². The standard InChI is InChI=1S/C21H24N4O4/c1-11(2)25-19-16(10-22-25)15(20(26)24-7-5-6-18(24)21(27)28)9-17(23-19)14-8-12(3)29-13(14)4/h8-11,18H,5-7H2,1-4H3,(H,27,28)/t18-/m0/s1. The van der Waals surface area contributed by atoms with E-state index in [1.54, 1.807) is 16.9 Å². The van der Waals surface area contributed by atoms with E-state index in [4.69, 9.17) is 9.40 Å². The summed E-state index contributed by atoms with van der Waals surface area (Å²) in [5.41, 5.74) is 2.45. The van der Waals surface area contributed by atoms with Crippen LogP contribution in [0.4, 0.5) is 0 Å². The predicted molar refractivity (Wildman–Crippen MR) is 107 cm³/mol. The highest BCUT2D eigenvalue weighted by Gasteiger charge is 2.35. The minimum absolute atomic E-state index is 0.0592. The molecule has 1 aliphatic heterocycles. The first kappa shape index (κ1) is 19.2. The Labute approximate surface area is 168 Å². The number of pyridine rings is 1. The molecule has 0 unspecified atom stereocenters. The molecular formula is C21H24N4O4. The van der Waals surface area contributed by atoms with E-state index >= 15 is 0 Å². The second-order valence-corrected chi connectivity index (χ2v) is 7.80. The van der Waals surface area contributed by atoms with Gasteiger partial charge in [-0.25, -0.2) is 14.5 Å². The Morgan fingerprint density at radius 3 is 2.66 bits per heavy atom. The molecule has 4 rings (SSSR count). The lowest BCUT2D eigenvalue weighted by atomic mass is 10.1. The Balaban J connectivity index is 1.91. The number of carboxylic acid groups (broad SMARTS) is 1. The Morgan fingerprint density at radius 1 is 1.28 bits per heavy atom. The molecule has 8 heteroatoms. The van der Waals surface area contributed by atoms with Crippen LogP contribution in [0.2, 0.25) is 0 Å². The number of hydrogen-bond donors (Lipinski definition) is 1. The van der Waals surface area contributed by atoms with E-state index in [1.165, 1.54) is 4.90 Å². The van der Waals surface area contributed by atoms with Crippen molar-refractivity contribution in [3.05, 3.63) is 35.4 Å². The van der Waals surface area contributed by atoms with Crippen molar-refractivity contribution in [1.29, 1.82) is 0 Å². The summed E-state index contributed by atoms with van der Waals surface area (Å²) in [6.45, 7) is 8.14. The van der Waals surface area contributed by atoms with Crippen molar-refractivity contribution < 1.29 is 19.1 Å². The third-order valence-electron chi connectivity index (χ3n) is 5.40. The van der Waals surface area contributed by atoms with E-state index in [2.05, 4.69) is 5.10 Å². The van der Waals surface area contributed by atoms with Crippen molar-refractivity contribution in [3.8, 4) is 11.3 Å². The number of aromatic nitrogens is 3. The van der Waals surface area contributed by atoms with Gasteiger partial charge >= 0.3 is 5.97 Å². The number of nitrogens with zero attached hydrogens (tertiary/aromatic N) is 4. The molecule has 3 aromatic rings. The number of furan rings is 1. The molecule has 4 heterocycles. The molecule has 1 fully saturated rings. The number of aryl methyl sites for hydroxylation is 2. The smallest absolute Gasteiger partial charge is 0.326 e. The van der Waals surface area contributed by atoms with E-state index in [9.17, 15) is 14.7 Å². The third kappa shape index (κ3) is 3.18. The summed E-state index contributed by atoms with van der Waals surface area (Å²) in [4.78, 5) is 31.2. The van der Waals surface area contributed by atoms with Gasteiger partial charge in [0.05, 0.1) is 22.8 Å². The number of carbonyl (C=O) groups excluding carboxylic acids is 1. The van der Waals surface area contributed by atoms with E-state index in [0.717, 1.165) is 11.3 Å². The Morgan fingerprint density at radius 2 is 2.03 bits per heavy atom. The number of rotatable bonds is 4. The zero-order valence-electron chi connectivity index (χ0n) is 17.0. The molecule has 1 aliphatic rings. The topological polar surface area (TPSA) is 101 Å². The summed E-state index contributed by atoms with van der Waals surface area (Å²) in [7, 11) is 0. The number of amides is 1. The van der Waals surface area contributed by atoms with Crippen molar-refractivity contribution in [1.82, 2.24) is 19.7 Å². The molecule has 0 spiro atoms. The summed E-state index contributed by atoms with van der Waals surface area (Å²) in [5, 5.41) is 14.6. The first-order valence-electron chi connectivity index (χ1n) is 9.77. The van der Waals surface area contributed by atoms with E-state index < -0.39 is 12.0 Å². The molecule has 8 nitrogen and oxygen atoms in total. The van der Waals surface area contributed by atoms with Crippen molar-refractivity contribution in [2.45, 2.75) is 52.6 Å². The van der Waals surface area contributed by atoms with Gasteiger partial charge in [-0.15, -0.1) is 0 Å². The largest absolute Gasteiger partial charge is 0.480 e. The number of likely N-dealkylation sites (tertiary alicyclic amines) is 1. The maximum absolute atomic E-state index is 13.4. The number of carboxylic acids is 1. The lowest BCUT2D eigenvalue weighted by Crippen LogP contribution is -2.40. The SMILES string of the molecule is Cc1cc(-c2cc(C(=O)N3CCC[C@H]3C(=O)O)c3cnn(C(C)C)c3n2)c(C)o1. The zero-order valence-corrected chi connectivity index (χ0v) is 17.0. The van der Waals surface area contributed by atoms with Crippen LogP contribution < -0.4 is 0 Å². The highest BCUT2D eigenvalue weighted by molar-refractivity contribution is 6.07. The maximum atomic E-state index is 13.4. The van der Waals surface area contributed by atoms with Gasteiger partial charge in [0.15, 0.2) is 5.65 Å². The summed E-state index contributed by atoms with van der Waals surface area (Å²) >= 11 is 0. The van der Waals surface area contributed by atoms with Gasteiger partial charge in [-0.3, -0.25) is 4.79 Å². The van der Waals surface area contributed by atoms with E-state index in [-0.39, 0.29) is 11.9 Å². The summed E-state index contributed by atoms with van der Waals surface area (Å²) in [6, 6.07) is 2.88. The van der Waals surface area contributed by atoms with E-state index in [0.29, 0.717) is 47.4 Å². The summed E-state index contributed by atoms with van der Waals surface area (Å²) in [6.07, 6.45) is 2.78. The second kappa shape index (κ2) is 7.02. The van der Waals surface area contributed by atoms with Gasteiger partial charge in [-0.1, -0.05) is 0 Å². The van der Waals surface area contributed by atoms with Gasteiger partial charge in [0.1, 0.15) is 17.6 Å². The first-order chi connectivity index (χ1) is 13.8. The number of fused-ring (bicyclic) bond motifs is 1. The Hall–Kier alpha value is -3.16. The molecular weight excluding hydrogens is 372 g/mol. The normalized spacial score (nSPS) is 16.9. The Kier molecular flexibility index (Phi) is 4.64. The Bertz CT molecular complexity index is 1110. The quantitative estimate of drug-likeness (QED) is 0.723. The van der Waals surface area contributed by atoms with Crippen LogP contribution in [-0.4, -0.2) is 49.2 Å². The summed E-state index contributed by atoms with van der Waals surface area (Å²) < 4.78 is 7.43. The minimum Gasteiger partial charge on any atom is -0.480 e. The van der Waals surface area contributed by atoms with Crippen molar-refractivity contribution >= 4 is 22.9 Å². The molecule has 0 bridgehead atoms. The maximum Gasteiger partial charge on any atom is 0.326 e. The van der Waals surface area contributed by atoms with E-state index in [1.807, 2.05) is 33.8 Å². The molecule has 0 saturated carbocycles. The van der Waals surface area contributed by atoms with Crippen LogP contribution in [0.1, 0.15) is 54.6 Å². The molecule has 0 aliphatic carbocycles. The van der Waals surface area contributed by atoms with Crippen molar-refractivity contribution in [3.63, 3.8) is 0 Å². The second-order valence-electron chi connectivity index (χ2n) is 7.80. The fraction of sp³-hybridized carbons (Fsp3) is 0.429. The van der Waals surface area contributed by atoms with Crippen molar-refractivity contribution in [2.24, 2.45) is 0 Å². The molecule has 152 valence electrons. The highest BCUT2D eigenvalue weighted by Crippen LogP contribution is 2.31. The molecule has 0 radical (unpaired) electrons. The molecule has 0 aromatic carbocycles. The van der Waals surface area contributed by atoms with Crippen LogP contribution in [-0.2, 0) is 4.79 Å². The monoisotopic (exact) mass is 396 g/mol. The van der Waals surface area contributed by atoms with Gasteiger partial charge in [0, 0.05) is 18.2 Å². The van der Waals surface area contributed by atoms with Crippen LogP contribution in [0.25, 0.3) is 22.3 Å². The van der Waals surface area contributed by atoms with Gasteiger partial charge in [-0.2, -0.15) is 5.10 Å².